The zero-order valence-corrected chi connectivity index (χ0v) is 15.6. The van der Waals surface area contributed by atoms with Crippen LogP contribution < -0.4 is 10.0 Å². The number of aromatic hydroxyl groups is 1. The number of aryl methyl sites for hydroxylation is 1. The number of anilines is 2. The number of hydrogen-bond acceptors (Lipinski definition) is 4. The Hall–Kier alpha value is -3.39. The molecule has 28 heavy (non-hydrogen) atoms. The summed E-state index contributed by atoms with van der Waals surface area (Å²) in [6, 6.07) is 15.4. The van der Waals surface area contributed by atoms with E-state index < -0.39 is 21.7 Å². The monoisotopic (exact) mass is 400 g/mol. The lowest BCUT2D eigenvalue weighted by atomic mass is 10.2. The first-order chi connectivity index (χ1) is 13.2. The SMILES string of the molecule is Cc1cc(F)ccc1S(=O)(=O)Nc1ccc(C(=O)Nc2cccc(O)c2)cc1. The number of carbonyl (C=O) groups is 1. The van der Waals surface area contributed by atoms with Crippen molar-refractivity contribution in [2.45, 2.75) is 11.8 Å². The normalized spacial score (nSPS) is 11.1. The van der Waals surface area contributed by atoms with Crippen molar-refractivity contribution in [3.8, 4) is 5.75 Å². The van der Waals surface area contributed by atoms with Crippen LogP contribution in [-0.2, 0) is 10.0 Å². The third kappa shape index (κ3) is 4.47. The number of nitrogens with one attached hydrogen (secondary N) is 2. The van der Waals surface area contributed by atoms with Crippen LogP contribution in [0, 0.1) is 12.7 Å². The van der Waals surface area contributed by atoms with Crippen molar-refractivity contribution in [1.29, 1.82) is 0 Å². The average molecular weight is 400 g/mol. The number of hydrogen-bond donors (Lipinski definition) is 3. The molecule has 1 amide bonds. The smallest absolute Gasteiger partial charge is 0.262 e. The zero-order chi connectivity index (χ0) is 20.3. The van der Waals surface area contributed by atoms with Crippen LogP contribution in [0.25, 0.3) is 0 Å². The Morgan fingerprint density at radius 2 is 1.68 bits per heavy atom. The largest absolute Gasteiger partial charge is 0.508 e. The Morgan fingerprint density at radius 3 is 2.32 bits per heavy atom. The van der Waals surface area contributed by atoms with Gasteiger partial charge in [0.1, 0.15) is 11.6 Å². The van der Waals surface area contributed by atoms with Crippen molar-refractivity contribution in [3.63, 3.8) is 0 Å². The fourth-order valence-electron chi connectivity index (χ4n) is 2.60. The highest BCUT2D eigenvalue weighted by atomic mass is 32.2. The lowest BCUT2D eigenvalue weighted by Gasteiger charge is -2.11. The lowest BCUT2D eigenvalue weighted by molar-refractivity contribution is 0.102. The second kappa shape index (κ2) is 7.69. The van der Waals surface area contributed by atoms with Gasteiger partial charge in [0.2, 0.25) is 0 Å². The van der Waals surface area contributed by atoms with E-state index >= 15 is 0 Å². The Labute approximate surface area is 161 Å². The predicted octanol–water partition coefficient (Wildman–Crippen LogP) is 3.89. The summed E-state index contributed by atoms with van der Waals surface area (Å²) in [4.78, 5) is 12.2. The lowest BCUT2D eigenvalue weighted by Crippen LogP contribution is -2.15. The molecule has 3 aromatic carbocycles. The van der Waals surface area contributed by atoms with Gasteiger partial charge in [-0.3, -0.25) is 9.52 Å². The Balaban J connectivity index is 1.74. The number of rotatable bonds is 5. The van der Waals surface area contributed by atoms with E-state index in [4.69, 9.17) is 0 Å². The summed E-state index contributed by atoms with van der Waals surface area (Å²) in [6.45, 7) is 1.51. The number of sulfonamides is 1. The maximum absolute atomic E-state index is 13.2. The van der Waals surface area contributed by atoms with Crippen LogP contribution in [0.3, 0.4) is 0 Å². The van der Waals surface area contributed by atoms with Crippen molar-refractivity contribution in [2.24, 2.45) is 0 Å². The quantitative estimate of drug-likeness (QED) is 0.605. The van der Waals surface area contributed by atoms with E-state index in [-0.39, 0.29) is 21.9 Å². The van der Waals surface area contributed by atoms with Gasteiger partial charge in [-0.1, -0.05) is 6.07 Å². The third-order valence-electron chi connectivity index (χ3n) is 3.93. The van der Waals surface area contributed by atoms with Crippen LogP contribution in [-0.4, -0.2) is 19.4 Å². The molecule has 0 atom stereocenters. The van der Waals surface area contributed by atoms with E-state index in [2.05, 4.69) is 10.0 Å². The summed E-state index contributed by atoms with van der Waals surface area (Å²) >= 11 is 0. The molecule has 8 heteroatoms. The van der Waals surface area contributed by atoms with E-state index in [1.54, 1.807) is 12.1 Å². The van der Waals surface area contributed by atoms with Crippen LogP contribution in [0.15, 0.2) is 71.6 Å². The minimum Gasteiger partial charge on any atom is -0.508 e. The predicted molar refractivity (Wildman–Crippen MR) is 104 cm³/mol. The second-order valence-corrected chi connectivity index (χ2v) is 7.75. The molecule has 0 aromatic heterocycles. The summed E-state index contributed by atoms with van der Waals surface area (Å²) in [5.41, 5.74) is 1.29. The van der Waals surface area contributed by atoms with Crippen LogP contribution in [0.5, 0.6) is 5.75 Å². The van der Waals surface area contributed by atoms with Crippen LogP contribution in [0.4, 0.5) is 15.8 Å². The van der Waals surface area contributed by atoms with E-state index in [1.165, 1.54) is 49.4 Å². The molecule has 3 aromatic rings. The van der Waals surface area contributed by atoms with Gasteiger partial charge in [-0.2, -0.15) is 0 Å². The van der Waals surface area contributed by atoms with Gasteiger partial charge in [0.15, 0.2) is 0 Å². The maximum Gasteiger partial charge on any atom is 0.262 e. The number of amides is 1. The molecule has 0 unspecified atom stereocenters. The molecule has 0 aliphatic heterocycles. The molecule has 0 spiro atoms. The molecule has 0 aliphatic rings. The first-order valence-electron chi connectivity index (χ1n) is 8.24. The number of halogens is 1. The van der Waals surface area contributed by atoms with Gasteiger partial charge < -0.3 is 10.4 Å². The zero-order valence-electron chi connectivity index (χ0n) is 14.8. The topological polar surface area (TPSA) is 95.5 Å². The van der Waals surface area contributed by atoms with Gasteiger partial charge in [0, 0.05) is 23.0 Å². The molecule has 6 nitrogen and oxygen atoms in total. The first kappa shape index (κ1) is 19.4. The maximum atomic E-state index is 13.2. The highest BCUT2D eigenvalue weighted by Gasteiger charge is 2.17. The molecule has 0 bridgehead atoms. The highest BCUT2D eigenvalue weighted by Crippen LogP contribution is 2.21. The highest BCUT2D eigenvalue weighted by molar-refractivity contribution is 7.92. The Kier molecular flexibility index (Phi) is 5.32. The van der Waals surface area contributed by atoms with Crippen molar-refractivity contribution < 1.29 is 22.7 Å². The van der Waals surface area contributed by atoms with Gasteiger partial charge in [-0.25, -0.2) is 12.8 Å². The summed E-state index contributed by atoms with van der Waals surface area (Å²) in [5, 5.41) is 12.1. The van der Waals surface area contributed by atoms with Gasteiger partial charge in [0.05, 0.1) is 4.90 Å². The van der Waals surface area contributed by atoms with Crippen molar-refractivity contribution in [2.75, 3.05) is 10.0 Å². The minimum absolute atomic E-state index is 0.0265. The van der Waals surface area contributed by atoms with E-state index in [9.17, 15) is 22.7 Å². The van der Waals surface area contributed by atoms with Crippen LogP contribution >= 0.6 is 0 Å². The van der Waals surface area contributed by atoms with Crippen molar-refractivity contribution >= 4 is 27.3 Å². The minimum atomic E-state index is -3.89. The van der Waals surface area contributed by atoms with Crippen molar-refractivity contribution in [1.82, 2.24) is 0 Å². The Bertz CT molecular complexity index is 1130. The molecular formula is C20H17FN2O4S. The van der Waals surface area contributed by atoms with Gasteiger partial charge in [0.25, 0.3) is 15.9 Å². The number of benzene rings is 3. The van der Waals surface area contributed by atoms with Crippen LogP contribution in [0.2, 0.25) is 0 Å². The van der Waals surface area contributed by atoms with Crippen molar-refractivity contribution in [3.05, 3.63) is 83.7 Å². The molecule has 3 N–H and O–H groups in total. The molecule has 0 aliphatic carbocycles. The molecule has 3 rings (SSSR count). The molecule has 0 heterocycles. The number of phenolic OH excluding ortho intramolecular Hbond substituents is 1. The van der Waals surface area contributed by atoms with E-state index in [0.29, 0.717) is 11.3 Å². The summed E-state index contributed by atoms with van der Waals surface area (Å²) < 4.78 is 40.6. The number of carbonyl (C=O) groups excluding carboxylic acids is 1. The molecule has 0 radical (unpaired) electrons. The average Bonchev–Trinajstić information content (AvgIpc) is 2.61. The molecule has 0 saturated carbocycles. The molecule has 0 saturated heterocycles. The van der Waals surface area contributed by atoms with Gasteiger partial charge in [-0.15, -0.1) is 0 Å². The summed E-state index contributed by atoms with van der Waals surface area (Å²) in [6.07, 6.45) is 0. The molecular weight excluding hydrogens is 383 g/mol. The Morgan fingerprint density at radius 1 is 0.964 bits per heavy atom. The van der Waals surface area contributed by atoms with E-state index in [1.807, 2.05) is 0 Å². The summed E-state index contributed by atoms with van der Waals surface area (Å²) in [7, 11) is -3.89. The standard InChI is InChI=1S/C20H17FN2O4S/c1-13-11-15(21)7-10-19(13)28(26,27)23-16-8-5-14(6-9-16)20(25)22-17-3-2-4-18(24)12-17/h2-12,23-24H,1H3,(H,22,25). The van der Waals surface area contributed by atoms with Gasteiger partial charge in [-0.05, 0) is 67.1 Å². The fourth-order valence-corrected chi connectivity index (χ4v) is 3.89. The first-order valence-corrected chi connectivity index (χ1v) is 9.72. The van der Waals surface area contributed by atoms with E-state index in [0.717, 1.165) is 12.1 Å². The molecule has 0 fully saturated rings. The summed E-state index contributed by atoms with van der Waals surface area (Å²) in [5.74, 6) is -0.897. The second-order valence-electron chi connectivity index (χ2n) is 6.10. The fraction of sp³-hybridized carbons (Fsp3) is 0.0500. The van der Waals surface area contributed by atoms with Gasteiger partial charge >= 0.3 is 0 Å². The van der Waals surface area contributed by atoms with Crippen LogP contribution in [0.1, 0.15) is 15.9 Å². The molecule has 144 valence electrons. The third-order valence-corrected chi connectivity index (χ3v) is 5.47. The number of phenols is 1.